The highest BCUT2D eigenvalue weighted by molar-refractivity contribution is 9.10. The molecule has 0 saturated heterocycles. The van der Waals surface area contributed by atoms with Gasteiger partial charge in [-0.15, -0.1) is 0 Å². The van der Waals surface area contributed by atoms with Crippen molar-refractivity contribution >= 4 is 43.8 Å². The van der Waals surface area contributed by atoms with Crippen molar-refractivity contribution in [2.24, 2.45) is 10.2 Å². The lowest BCUT2D eigenvalue weighted by Crippen LogP contribution is -2.28. The van der Waals surface area contributed by atoms with Crippen LogP contribution in [0.4, 0.5) is 0 Å². The molecule has 2 unspecified atom stereocenters. The fourth-order valence-electron chi connectivity index (χ4n) is 1.98. The van der Waals surface area contributed by atoms with E-state index in [0.29, 0.717) is 25.7 Å². The fourth-order valence-corrected chi connectivity index (χ4v) is 2.21. The second-order valence-corrected chi connectivity index (χ2v) is 12.4. The van der Waals surface area contributed by atoms with Crippen molar-refractivity contribution in [2.75, 3.05) is 13.2 Å². The molecule has 0 saturated carbocycles. The van der Waals surface area contributed by atoms with Crippen LogP contribution >= 0.6 is 31.9 Å². The number of hydrogen-bond acceptors (Lipinski definition) is 8. The van der Waals surface area contributed by atoms with Crippen LogP contribution in [0.15, 0.2) is 10.2 Å². The highest BCUT2D eigenvalue weighted by Gasteiger charge is 2.30. The Morgan fingerprint density at radius 3 is 1.30 bits per heavy atom. The van der Waals surface area contributed by atoms with E-state index in [1.54, 1.807) is 41.5 Å². The van der Waals surface area contributed by atoms with Crippen molar-refractivity contribution in [3.63, 3.8) is 0 Å². The standard InChI is InChI=1S/C20H30Br2N4O4/c1-17(2,21)15(27)29-11-7-9-19(5,13-23)25-26-20(6,14-24)10-8-12-30-16(28)18(3,4)22/h7-12H2,1-6H3. The number of alkyl halides is 2. The van der Waals surface area contributed by atoms with Crippen LogP contribution in [0.3, 0.4) is 0 Å². The molecule has 0 aromatic rings. The van der Waals surface area contributed by atoms with Crippen molar-refractivity contribution in [3.05, 3.63) is 0 Å². The molecule has 0 aromatic heterocycles. The van der Waals surface area contributed by atoms with E-state index >= 15 is 0 Å². The summed E-state index contributed by atoms with van der Waals surface area (Å²) in [6.07, 6.45) is 1.50. The van der Waals surface area contributed by atoms with E-state index in [2.05, 4.69) is 54.2 Å². The van der Waals surface area contributed by atoms with Crippen LogP contribution in [0.2, 0.25) is 0 Å². The van der Waals surface area contributed by atoms with Crippen molar-refractivity contribution in [1.82, 2.24) is 0 Å². The third-order valence-corrected chi connectivity index (χ3v) is 4.67. The Bertz CT molecular complexity index is 656. The molecule has 0 aliphatic rings. The maximum absolute atomic E-state index is 11.7. The topological polar surface area (TPSA) is 125 Å². The summed E-state index contributed by atoms with van der Waals surface area (Å²) < 4.78 is 8.78. The number of carbonyl (C=O) groups excluding carboxylic acids is 2. The molecule has 0 N–H and O–H groups in total. The first-order valence-electron chi connectivity index (χ1n) is 9.57. The van der Waals surface area contributed by atoms with Gasteiger partial charge in [0.05, 0.1) is 25.4 Å². The lowest BCUT2D eigenvalue weighted by atomic mass is 9.98. The molecular weight excluding hydrogens is 520 g/mol. The van der Waals surface area contributed by atoms with Gasteiger partial charge in [0.1, 0.15) is 8.65 Å². The van der Waals surface area contributed by atoms with Crippen molar-refractivity contribution in [3.8, 4) is 12.1 Å². The Hall–Kier alpha value is -1.52. The largest absolute Gasteiger partial charge is 0.465 e. The van der Waals surface area contributed by atoms with E-state index in [-0.39, 0.29) is 25.2 Å². The maximum atomic E-state index is 11.7. The van der Waals surface area contributed by atoms with Crippen LogP contribution in [0.5, 0.6) is 0 Å². The van der Waals surface area contributed by atoms with E-state index < -0.39 is 19.7 Å². The lowest BCUT2D eigenvalue weighted by molar-refractivity contribution is -0.146. The number of nitrogens with zero attached hydrogens (tertiary/aromatic N) is 4. The molecular formula is C20H30Br2N4O4. The van der Waals surface area contributed by atoms with Crippen molar-refractivity contribution in [1.29, 1.82) is 10.5 Å². The zero-order valence-electron chi connectivity index (χ0n) is 18.4. The SMILES string of the molecule is CC(C#N)(CCCOC(=O)C(C)(C)Br)N=NC(C)(C#N)CCCOC(=O)C(C)(C)Br. The first-order chi connectivity index (χ1) is 13.6. The molecule has 2 atom stereocenters. The van der Waals surface area contributed by atoms with Crippen molar-refractivity contribution < 1.29 is 19.1 Å². The second kappa shape index (κ2) is 11.8. The van der Waals surface area contributed by atoms with Gasteiger partial charge in [-0.3, -0.25) is 9.59 Å². The lowest BCUT2D eigenvalue weighted by Gasteiger charge is -2.20. The van der Waals surface area contributed by atoms with Crippen LogP contribution in [-0.4, -0.2) is 44.9 Å². The second-order valence-electron chi connectivity index (χ2n) is 8.40. The van der Waals surface area contributed by atoms with Gasteiger partial charge in [0.25, 0.3) is 0 Å². The molecule has 8 nitrogen and oxygen atoms in total. The quantitative estimate of drug-likeness (QED) is 0.146. The highest BCUT2D eigenvalue weighted by Crippen LogP contribution is 2.24. The minimum absolute atomic E-state index is 0.158. The van der Waals surface area contributed by atoms with Crippen LogP contribution in [0, 0.1) is 22.7 Å². The molecule has 0 bridgehead atoms. The zero-order valence-corrected chi connectivity index (χ0v) is 21.6. The third-order valence-electron chi connectivity index (χ3n) is 4.03. The number of ether oxygens (including phenoxy) is 2. The summed E-state index contributed by atoms with van der Waals surface area (Å²) in [4.78, 5) is 23.5. The molecule has 0 heterocycles. The molecule has 0 aromatic carbocycles. The first-order valence-corrected chi connectivity index (χ1v) is 11.2. The molecule has 168 valence electrons. The zero-order chi connectivity index (χ0) is 23.6. The summed E-state index contributed by atoms with van der Waals surface area (Å²) in [5.41, 5.74) is -2.28. The number of rotatable bonds is 12. The summed E-state index contributed by atoms with van der Waals surface area (Å²) in [6, 6.07) is 4.20. The summed E-state index contributed by atoms with van der Waals surface area (Å²) in [6.45, 7) is 10.3. The number of carbonyl (C=O) groups is 2. The fraction of sp³-hybridized carbons (Fsp3) is 0.800. The Balaban J connectivity index is 4.71. The van der Waals surface area contributed by atoms with Gasteiger partial charge >= 0.3 is 11.9 Å². The third kappa shape index (κ3) is 11.0. The van der Waals surface area contributed by atoms with Crippen LogP contribution in [0.1, 0.15) is 67.2 Å². The van der Waals surface area contributed by atoms with E-state index in [9.17, 15) is 20.1 Å². The van der Waals surface area contributed by atoms with E-state index in [1.807, 2.05) is 0 Å². The van der Waals surface area contributed by atoms with E-state index in [4.69, 9.17) is 9.47 Å². The molecule has 0 fully saturated rings. The van der Waals surface area contributed by atoms with E-state index in [1.165, 1.54) is 0 Å². The van der Waals surface area contributed by atoms with Gasteiger partial charge in [0.2, 0.25) is 0 Å². The van der Waals surface area contributed by atoms with Gasteiger partial charge in [-0.1, -0.05) is 31.9 Å². The number of azo groups is 1. The summed E-state index contributed by atoms with van der Waals surface area (Å²) in [7, 11) is 0. The van der Waals surface area contributed by atoms with Gasteiger partial charge in [0.15, 0.2) is 11.1 Å². The van der Waals surface area contributed by atoms with Crippen molar-refractivity contribution in [2.45, 2.75) is 87.0 Å². The average molecular weight is 550 g/mol. The first kappa shape index (κ1) is 28.5. The Morgan fingerprint density at radius 1 is 0.767 bits per heavy atom. The van der Waals surface area contributed by atoms with Crippen LogP contribution < -0.4 is 0 Å². The molecule has 0 aliphatic carbocycles. The van der Waals surface area contributed by atoms with Gasteiger partial charge in [-0.25, -0.2) is 0 Å². The normalized spacial score (nSPS) is 16.1. The summed E-state index contributed by atoms with van der Waals surface area (Å²) in [5, 5.41) is 27.2. The number of nitriles is 2. The molecule has 30 heavy (non-hydrogen) atoms. The predicted molar refractivity (Wildman–Crippen MR) is 119 cm³/mol. The number of halogens is 2. The van der Waals surface area contributed by atoms with E-state index in [0.717, 1.165) is 0 Å². The highest BCUT2D eigenvalue weighted by atomic mass is 79.9. The molecule has 0 spiro atoms. The predicted octanol–water partition coefficient (Wildman–Crippen LogP) is 5.00. The summed E-state index contributed by atoms with van der Waals surface area (Å²) in [5.74, 6) is -0.771. The Morgan fingerprint density at radius 2 is 1.07 bits per heavy atom. The molecule has 0 aliphatic heterocycles. The van der Waals surface area contributed by atoms with Crippen LogP contribution in [0.25, 0.3) is 0 Å². The van der Waals surface area contributed by atoms with Gasteiger partial charge in [0, 0.05) is 0 Å². The molecule has 0 amide bonds. The Kier molecular flexibility index (Phi) is 11.2. The minimum atomic E-state index is -1.14. The average Bonchev–Trinajstić information content (AvgIpc) is 2.65. The van der Waals surface area contributed by atoms with Gasteiger partial charge in [-0.05, 0) is 67.2 Å². The minimum Gasteiger partial charge on any atom is -0.465 e. The number of esters is 2. The molecule has 0 rings (SSSR count). The van der Waals surface area contributed by atoms with Gasteiger partial charge in [-0.2, -0.15) is 20.8 Å². The molecule has 10 heteroatoms. The monoisotopic (exact) mass is 548 g/mol. The molecule has 0 radical (unpaired) electrons. The van der Waals surface area contributed by atoms with Crippen LogP contribution in [-0.2, 0) is 19.1 Å². The maximum Gasteiger partial charge on any atom is 0.322 e. The smallest absolute Gasteiger partial charge is 0.322 e. The Labute approximate surface area is 195 Å². The van der Waals surface area contributed by atoms with Gasteiger partial charge < -0.3 is 9.47 Å². The summed E-state index contributed by atoms with van der Waals surface area (Å²) >= 11 is 6.45. The number of hydrogen-bond donors (Lipinski definition) is 0.